The molecular formula is C31H50N4O7. The lowest BCUT2D eigenvalue weighted by Gasteiger charge is -2.33. The van der Waals surface area contributed by atoms with Crippen LogP contribution in [0, 0.1) is 11.8 Å². The lowest BCUT2D eigenvalue weighted by Crippen LogP contribution is -2.57. The molecule has 2 aliphatic rings. The van der Waals surface area contributed by atoms with Gasteiger partial charge in [-0.15, -0.1) is 0 Å². The lowest BCUT2D eigenvalue weighted by molar-refractivity contribution is -0.133. The van der Waals surface area contributed by atoms with Gasteiger partial charge in [0.2, 0.25) is 17.7 Å². The minimum absolute atomic E-state index is 0.167. The maximum Gasteiger partial charge on any atom is 0.243 e. The zero-order valence-electron chi connectivity index (χ0n) is 25.3. The molecule has 0 spiro atoms. The Morgan fingerprint density at radius 3 is 2.29 bits per heavy atom. The molecule has 0 aromatic heterocycles. The summed E-state index contributed by atoms with van der Waals surface area (Å²) in [6, 6.07) is 4.88. The van der Waals surface area contributed by atoms with E-state index in [0.29, 0.717) is 44.4 Å². The highest BCUT2D eigenvalue weighted by atomic mass is 16.5. The molecule has 11 heteroatoms. The Balaban J connectivity index is 1.71. The van der Waals surface area contributed by atoms with Crippen molar-refractivity contribution in [2.75, 3.05) is 46.6 Å². The molecule has 0 unspecified atom stereocenters. The van der Waals surface area contributed by atoms with Crippen LogP contribution in [-0.4, -0.2) is 104 Å². The van der Waals surface area contributed by atoms with Gasteiger partial charge in [-0.2, -0.15) is 0 Å². The van der Waals surface area contributed by atoms with E-state index < -0.39 is 42.0 Å². The standard InChI is InChI=1S/C31H50N4O7/c1-21(20-36)29(38)26(17-23-7-5-4-6-8-23)33-31(40)27(18-24-9-11-25(41-3)12-10-24)34-30(39)22(2)32-28(37)19-35-13-15-42-16-14-35/h9-12,21-23,26-27,29,36,38H,4-8,13-20H2,1-3H3,(H,32,37)(H,33,40)(H,34,39)/t21-,22-,26+,27+,29+/m1/s1. The minimum Gasteiger partial charge on any atom is -0.497 e. The second-order valence-corrected chi connectivity index (χ2v) is 11.8. The van der Waals surface area contributed by atoms with Gasteiger partial charge >= 0.3 is 0 Å². The Labute approximate surface area is 249 Å². The van der Waals surface area contributed by atoms with Crippen molar-refractivity contribution in [3.05, 3.63) is 29.8 Å². The number of morpholine rings is 1. The third-order valence-electron chi connectivity index (χ3n) is 8.40. The SMILES string of the molecule is COc1ccc(C[C@H](NC(=O)[C@@H](C)NC(=O)CN2CCOCC2)C(=O)N[C@@H](CC2CCCCC2)[C@@H](O)[C@H](C)CO)cc1. The van der Waals surface area contributed by atoms with Crippen molar-refractivity contribution in [1.82, 2.24) is 20.9 Å². The van der Waals surface area contributed by atoms with Crippen molar-refractivity contribution in [3.63, 3.8) is 0 Å². The Morgan fingerprint density at radius 1 is 1.00 bits per heavy atom. The van der Waals surface area contributed by atoms with Crippen molar-refractivity contribution in [1.29, 1.82) is 0 Å². The van der Waals surface area contributed by atoms with Crippen LogP contribution in [0.3, 0.4) is 0 Å². The molecule has 2 fully saturated rings. The third-order valence-corrected chi connectivity index (χ3v) is 8.40. The zero-order chi connectivity index (χ0) is 30.5. The van der Waals surface area contributed by atoms with Crippen LogP contribution in [0.25, 0.3) is 0 Å². The van der Waals surface area contributed by atoms with E-state index >= 15 is 0 Å². The van der Waals surface area contributed by atoms with Crippen LogP contribution in [0.2, 0.25) is 0 Å². The number of benzene rings is 1. The van der Waals surface area contributed by atoms with E-state index in [4.69, 9.17) is 9.47 Å². The maximum absolute atomic E-state index is 13.8. The number of carbonyl (C=O) groups is 3. The number of ether oxygens (including phenoxy) is 2. The van der Waals surface area contributed by atoms with Crippen LogP contribution in [0.15, 0.2) is 24.3 Å². The first-order valence-corrected chi connectivity index (χ1v) is 15.3. The fourth-order valence-electron chi connectivity index (χ4n) is 5.67. The summed E-state index contributed by atoms with van der Waals surface area (Å²) in [4.78, 5) is 41.5. The third kappa shape index (κ3) is 10.8. The summed E-state index contributed by atoms with van der Waals surface area (Å²) in [7, 11) is 1.57. The topological polar surface area (TPSA) is 149 Å². The highest BCUT2D eigenvalue weighted by Crippen LogP contribution is 2.29. The van der Waals surface area contributed by atoms with Gasteiger partial charge in [0.1, 0.15) is 17.8 Å². The molecule has 1 saturated heterocycles. The van der Waals surface area contributed by atoms with Gasteiger partial charge in [-0.3, -0.25) is 19.3 Å². The number of nitrogens with zero attached hydrogens (tertiary/aromatic N) is 1. The number of hydrogen-bond acceptors (Lipinski definition) is 8. The van der Waals surface area contributed by atoms with Crippen LogP contribution in [-0.2, 0) is 25.5 Å². The van der Waals surface area contributed by atoms with Gasteiger partial charge < -0.3 is 35.6 Å². The van der Waals surface area contributed by atoms with Crippen molar-refractivity contribution in [2.24, 2.45) is 11.8 Å². The van der Waals surface area contributed by atoms with E-state index in [2.05, 4.69) is 16.0 Å². The first-order valence-electron chi connectivity index (χ1n) is 15.3. The summed E-state index contributed by atoms with van der Waals surface area (Å²) in [6.45, 7) is 5.75. The molecule has 3 amide bonds. The van der Waals surface area contributed by atoms with Crippen molar-refractivity contribution in [3.8, 4) is 5.75 Å². The molecule has 1 saturated carbocycles. The summed E-state index contributed by atoms with van der Waals surface area (Å²) in [5.41, 5.74) is 0.813. The number of nitrogens with one attached hydrogen (secondary N) is 3. The van der Waals surface area contributed by atoms with Gasteiger partial charge in [-0.25, -0.2) is 0 Å². The highest BCUT2D eigenvalue weighted by molar-refractivity contribution is 5.92. The first kappa shape index (κ1) is 33.8. The van der Waals surface area contributed by atoms with Crippen LogP contribution in [0.4, 0.5) is 0 Å². The number of amides is 3. The van der Waals surface area contributed by atoms with Gasteiger partial charge in [0, 0.05) is 32.0 Å². The van der Waals surface area contributed by atoms with Crippen LogP contribution in [0.5, 0.6) is 5.75 Å². The summed E-state index contributed by atoms with van der Waals surface area (Å²) in [6.07, 6.45) is 5.41. The van der Waals surface area contributed by atoms with E-state index in [-0.39, 0.29) is 25.5 Å². The number of carbonyl (C=O) groups excluding carboxylic acids is 3. The zero-order valence-corrected chi connectivity index (χ0v) is 25.3. The van der Waals surface area contributed by atoms with Crippen LogP contribution < -0.4 is 20.7 Å². The van der Waals surface area contributed by atoms with E-state index in [9.17, 15) is 24.6 Å². The summed E-state index contributed by atoms with van der Waals surface area (Å²) in [5.74, 6) is -0.544. The number of aliphatic hydroxyl groups excluding tert-OH is 2. The predicted molar refractivity (Wildman–Crippen MR) is 159 cm³/mol. The molecule has 1 aliphatic carbocycles. The molecule has 42 heavy (non-hydrogen) atoms. The van der Waals surface area contributed by atoms with Crippen LogP contribution in [0.1, 0.15) is 57.9 Å². The lowest BCUT2D eigenvalue weighted by atomic mass is 9.82. The summed E-state index contributed by atoms with van der Waals surface area (Å²) >= 11 is 0. The van der Waals surface area contributed by atoms with E-state index in [0.717, 1.165) is 31.2 Å². The van der Waals surface area contributed by atoms with E-state index in [1.54, 1.807) is 33.1 Å². The molecule has 1 heterocycles. The molecule has 0 bridgehead atoms. The predicted octanol–water partition coefficient (Wildman–Crippen LogP) is 1.00. The molecule has 236 valence electrons. The van der Waals surface area contributed by atoms with Crippen molar-refractivity contribution < 1.29 is 34.1 Å². The second-order valence-electron chi connectivity index (χ2n) is 11.8. The van der Waals surface area contributed by atoms with E-state index in [1.807, 2.05) is 17.0 Å². The van der Waals surface area contributed by atoms with Gasteiger partial charge in [0.25, 0.3) is 0 Å². The Kier molecular flexibility index (Phi) is 14.0. The van der Waals surface area contributed by atoms with E-state index in [1.165, 1.54) is 6.42 Å². The number of hydrogen-bond donors (Lipinski definition) is 5. The molecule has 1 aliphatic heterocycles. The van der Waals surface area contributed by atoms with Crippen LogP contribution >= 0.6 is 0 Å². The van der Waals surface area contributed by atoms with Gasteiger partial charge in [0.05, 0.1) is 39.0 Å². The fraction of sp³-hybridized carbons (Fsp3) is 0.710. The smallest absolute Gasteiger partial charge is 0.243 e. The first-order chi connectivity index (χ1) is 20.2. The molecule has 5 N–H and O–H groups in total. The average Bonchev–Trinajstić information content (AvgIpc) is 3.00. The summed E-state index contributed by atoms with van der Waals surface area (Å²) in [5, 5.41) is 29.4. The van der Waals surface area contributed by atoms with Gasteiger partial charge in [-0.1, -0.05) is 51.2 Å². The van der Waals surface area contributed by atoms with Crippen molar-refractivity contribution in [2.45, 2.75) is 83.0 Å². The Bertz CT molecular complexity index is 980. The Hall–Kier alpha value is -2.73. The van der Waals surface area contributed by atoms with Crippen molar-refractivity contribution >= 4 is 17.7 Å². The fourth-order valence-corrected chi connectivity index (χ4v) is 5.67. The minimum atomic E-state index is -0.949. The number of aliphatic hydroxyl groups is 2. The quantitative estimate of drug-likeness (QED) is 0.203. The second kappa shape index (κ2) is 17.4. The molecule has 3 rings (SSSR count). The average molecular weight is 591 g/mol. The normalized spacial score (nSPS) is 20.0. The molecule has 11 nitrogen and oxygen atoms in total. The molecule has 5 atom stereocenters. The molecule has 1 aromatic carbocycles. The number of rotatable bonds is 15. The largest absolute Gasteiger partial charge is 0.497 e. The van der Waals surface area contributed by atoms with Gasteiger partial charge in [-0.05, 0) is 37.0 Å². The maximum atomic E-state index is 13.8. The molecule has 0 radical (unpaired) electrons. The monoisotopic (exact) mass is 590 g/mol. The molecular weight excluding hydrogens is 540 g/mol. The van der Waals surface area contributed by atoms with Gasteiger partial charge in [0.15, 0.2) is 0 Å². The number of methoxy groups -OCH3 is 1. The summed E-state index contributed by atoms with van der Waals surface area (Å²) < 4.78 is 10.6. The highest BCUT2D eigenvalue weighted by Gasteiger charge is 2.32. The Morgan fingerprint density at radius 2 is 1.67 bits per heavy atom. The molecule has 1 aromatic rings.